The van der Waals surface area contributed by atoms with Crippen LogP contribution in [-0.2, 0) is 22.6 Å². The number of furan rings is 1. The third-order valence-electron chi connectivity index (χ3n) is 4.29. The van der Waals surface area contributed by atoms with E-state index in [-0.39, 0.29) is 18.9 Å². The highest BCUT2D eigenvalue weighted by Gasteiger charge is 2.39. The Morgan fingerprint density at radius 2 is 2.04 bits per heavy atom. The van der Waals surface area contributed by atoms with Gasteiger partial charge in [0.15, 0.2) is 0 Å². The first-order valence-electron chi connectivity index (χ1n) is 8.60. The number of carbonyl (C=O) groups is 3. The molecule has 2 heterocycles. The number of nitrogens with one attached hydrogen (secondary N) is 2. The number of benzene rings is 1. The standard InChI is InChI=1S/C19H21N3O5/c1-26-14-6-4-13(5-7-14)8-9-20-17(23)11-16-18(24)22(19(25)21-16)12-15-3-2-10-27-15/h2-7,10,16H,8-9,11-12H2,1H3,(H,20,23)(H,21,25). The molecule has 0 aliphatic carbocycles. The van der Waals surface area contributed by atoms with Gasteiger partial charge in [-0.2, -0.15) is 0 Å². The minimum Gasteiger partial charge on any atom is -0.497 e. The van der Waals surface area contributed by atoms with E-state index in [1.165, 1.54) is 6.26 Å². The van der Waals surface area contributed by atoms with Gasteiger partial charge < -0.3 is 19.8 Å². The zero-order valence-electron chi connectivity index (χ0n) is 14.9. The molecule has 1 aliphatic heterocycles. The zero-order valence-corrected chi connectivity index (χ0v) is 14.9. The maximum Gasteiger partial charge on any atom is 0.325 e. The Labute approximate surface area is 156 Å². The highest BCUT2D eigenvalue weighted by atomic mass is 16.5. The van der Waals surface area contributed by atoms with Crippen LogP contribution in [-0.4, -0.2) is 42.4 Å². The molecule has 1 aromatic heterocycles. The second kappa shape index (κ2) is 8.39. The summed E-state index contributed by atoms with van der Waals surface area (Å²) in [7, 11) is 1.61. The molecule has 8 heteroatoms. The van der Waals surface area contributed by atoms with E-state index in [1.54, 1.807) is 19.2 Å². The summed E-state index contributed by atoms with van der Waals surface area (Å²) in [5, 5.41) is 5.31. The number of amides is 4. The molecule has 1 fully saturated rings. The van der Waals surface area contributed by atoms with Crippen LogP contribution in [0.3, 0.4) is 0 Å². The van der Waals surface area contributed by atoms with Crippen molar-refractivity contribution in [2.75, 3.05) is 13.7 Å². The van der Waals surface area contributed by atoms with E-state index in [4.69, 9.17) is 9.15 Å². The number of urea groups is 1. The maximum absolute atomic E-state index is 12.3. The molecule has 1 saturated heterocycles. The highest BCUT2D eigenvalue weighted by molar-refractivity contribution is 6.05. The molecule has 8 nitrogen and oxygen atoms in total. The number of rotatable bonds is 8. The number of carbonyl (C=O) groups excluding carboxylic acids is 3. The molecular weight excluding hydrogens is 350 g/mol. The van der Waals surface area contributed by atoms with Crippen LogP contribution < -0.4 is 15.4 Å². The Kier molecular flexibility index (Phi) is 5.75. The van der Waals surface area contributed by atoms with E-state index in [1.807, 2.05) is 24.3 Å². The van der Waals surface area contributed by atoms with Gasteiger partial charge in [0, 0.05) is 6.54 Å². The molecule has 27 heavy (non-hydrogen) atoms. The number of ether oxygens (including phenoxy) is 1. The van der Waals surface area contributed by atoms with Crippen LogP contribution in [0.5, 0.6) is 5.75 Å². The van der Waals surface area contributed by atoms with Gasteiger partial charge in [-0.15, -0.1) is 0 Å². The van der Waals surface area contributed by atoms with Crippen molar-refractivity contribution in [2.45, 2.75) is 25.4 Å². The molecule has 1 atom stereocenters. The van der Waals surface area contributed by atoms with Crippen molar-refractivity contribution in [3.05, 3.63) is 54.0 Å². The Hall–Kier alpha value is -3.29. The lowest BCUT2D eigenvalue weighted by Crippen LogP contribution is -2.37. The molecule has 0 bridgehead atoms. The monoisotopic (exact) mass is 371 g/mol. The number of methoxy groups -OCH3 is 1. The van der Waals surface area contributed by atoms with Gasteiger partial charge in [-0.1, -0.05) is 12.1 Å². The van der Waals surface area contributed by atoms with Crippen molar-refractivity contribution in [2.24, 2.45) is 0 Å². The van der Waals surface area contributed by atoms with Gasteiger partial charge in [-0.3, -0.25) is 14.5 Å². The van der Waals surface area contributed by atoms with Gasteiger partial charge in [0.1, 0.15) is 17.6 Å². The first-order valence-corrected chi connectivity index (χ1v) is 8.60. The van der Waals surface area contributed by atoms with E-state index < -0.39 is 18.0 Å². The summed E-state index contributed by atoms with van der Waals surface area (Å²) in [6.45, 7) is 0.489. The summed E-state index contributed by atoms with van der Waals surface area (Å²) in [6, 6.07) is 9.56. The van der Waals surface area contributed by atoms with Crippen molar-refractivity contribution < 1.29 is 23.5 Å². The van der Waals surface area contributed by atoms with E-state index in [0.717, 1.165) is 16.2 Å². The normalized spacial score (nSPS) is 16.3. The van der Waals surface area contributed by atoms with Gasteiger partial charge in [0.05, 0.1) is 26.3 Å². The van der Waals surface area contributed by atoms with E-state index in [0.29, 0.717) is 18.7 Å². The predicted octanol–water partition coefficient (Wildman–Crippen LogP) is 1.46. The lowest BCUT2D eigenvalue weighted by molar-refractivity contribution is -0.131. The van der Waals surface area contributed by atoms with E-state index in [2.05, 4.69) is 10.6 Å². The van der Waals surface area contributed by atoms with Gasteiger partial charge >= 0.3 is 6.03 Å². The largest absolute Gasteiger partial charge is 0.497 e. The van der Waals surface area contributed by atoms with Crippen molar-refractivity contribution in [3.63, 3.8) is 0 Å². The molecule has 0 radical (unpaired) electrons. The van der Waals surface area contributed by atoms with Crippen molar-refractivity contribution in [1.82, 2.24) is 15.5 Å². The molecule has 0 saturated carbocycles. The van der Waals surface area contributed by atoms with Crippen LogP contribution in [0.2, 0.25) is 0 Å². The molecule has 1 unspecified atom stereocenters. The number of imide groups is 1. The Balaban J connectivity index is 1.44. The Bertz CT molecular complexity index is 801. The van der Waals surface area contributed by atoms with Crippen molar-refractivity contribution >= 4 is 17.8 Å². The number of hydrogen-bond donors (Lipinski definition) is 2. The van der Waals surface area contributed by atoms with Crippen LogP contribution >= 0.6 is 0 Å². The molecule has 1 aliphatic rings. The van der Waals surface area contributed by atoms with Gasteiger partial charge in [-0.05, 0) is 36.2 Å². The summed E-state index contributed by atoms with van der Waals surface area (Å²) in [6.07, 6.45) is 2.04. The summed E-state index contributed by atoms with van der Waals surface area (Å²) in [5.74, 6) is 0.559. The third kappa shape index (κ3) is 4.66. The Morgan fingerprint density at radius 3 is 2.70 bits per heavy atom. The summed E-state index contributed by atoms with van der Waals surface area (Å²) < 4.78 is 10.3. The second-order valence-corrected chi connectivity index (χ2v) is 6.16. The first kappa shape index (κ1) is 18.5. The minimum atomic E-state index is -0.853. The topological polar surface area (TPSA) is 101 Å². The fourth-order valence-corrected chi connectivity index (χ4v) is 2.82. The average molecular weight is 371 g/mol. The lowest BCUT2D eigenvalue weighted by Gasteiger charge is -2.11. The number of nitrogens with zero attached hydrogens (tertiary/aromatic N) is 1. The zero-order chi connectivity index (χ0) is 19.2. The predicted molar refractivity (Wildman–Crippen MR) is 95.9 cm³/mol. The van der Waals surface area contributed by atoms with Crippen LogP contribution in [0.25, 0.3) is 0 Å². The molecule has 3 rings (SSSR count). The lowest BCUT2D eigenvalue weighted by atomic mass is 10.1. The summed E-state index contributed by atoms with van der Waals surface area (Å²) in [4.78, 5) is 37.5. The van der Waals surface area contributed by atoms with Crippen LogP contribution in [0.15, 0.2) is 47.1 Å². The van der Waals surface area contributed by atoms with Gasteiger partial charge in [-0.25, -0.2) is 4.79 Å². The van der Waals surface area contributed by atoms with Crippen LogP contribution in [0.1, 0.15) is 17.7 Å². The minimum absolute atomic E-state index is 0.0489. The molecule has 0 spiro atoms. The molecule has 2 N–H and O–H groups in total. The smallest absolute Gasteiger partial charge is 0.325 e. The van der Waals surface area contributed by atoms with Gasteiger partial charge in [0.25, 0.3) is 5.91 Å². The second-order valence-electron chi connectivity index (χ2n) is 6.16. The van der Waals surface area contributed by atoms with Crippen molar-refractivity contribution in [3.8, 4) is 5.75 Å². The fraction of sp³-hybridized carbons (Fsp3) is 0.316. The average Bonchev–Trinajstić information content (AvgIpc) is 3.27. The van der Waals surface area contributed by atoms with Gasteiger partial charge in [0.2, 0.25) is 5.91 Å². The molecule has 142 valence electrons. The highest BCUT2D eigenvalue weighted by Crippen LogP contribution is 2.14. The third-order valence-corrected chi connectivity index (χ3v) is 4.29. The van der Waals surface area contributed by atoms with Crippen molar-refractivity contribution in [1.29, 1.82) is 0 Å². The van der Waals surface area contributed by atoms with Crippen LogP contribution in [0, 0.1) is 0 Å². The first-order chi connectivity index (χ1) is 13.1. The SMILES string of the molecule is COc1ccc(CCNC(=O)CC2NC(=O)N(Cc3ccco3)C2=O)cc1. The molecule has 4 amide bonds. The molecule has 2 aromatic rings. The number of hydrogen-bond acceptors (Lipinski definition) is 5. The quantitative estimate of drug-likeness (QED) is 0.684. The molecule has 1 aromatic carbocycles. The van der Waals surface area contributed by atoms with Crippen LogP contribution in [0.4, 0.5) is 4.79 Å². The summed E-state index contributed by atoms with van der Waals surface area (Å²) in [5.41, 5.74) is 1.06. The Morgan fingerprint density at radius 1 is 1.26 bits per heavy atom. The maximum atomic E-state index is 12.3. The van der Waals surface area contributed by atoms with E-state index >= 15 is 0 Å². The fourth-order valence-electron chi connectivity index (χ4n) is 2.82. The van der Waals surface area contributed by atoms with E-state index in [9.17, 15) is 14.4 Å². The molecular formula is C19H21N3O5. The summed E-state index contributed by atoms with van der Waals surface area (Å²) >= 11 is 0.